The molecule has 0 radical (unpaired) electrons. The molecule has 3 rings (SSSR count). The van der Waals surface area contributed by atoms with Gasteiger partial charge in [0.05, 0.1) is 13.3 Å². The van der Waals surface area contributed by atoms with Crippen molar-refractivity contribution in [2.75, 3.05) is 7.11 Å². The fraction of sp³-hybridized carbons (Fsp3) is 0.304. The summed E-state index contributed by atoms with van der Waals surface area (Å²) in [5.41, 5.74) is 4.46. The van der Waals surface area contributed by atoms with Gasteiger partial charge in [0.1, 0.15) is 11.5 Å². The average molecular weight is 380 g/mol. The van der Waals surface area contributed by atoms with E-state index in [1.54, 1.807) is 24.6 Å². The van der Waals surface area contributed by atoms with Gasteiger partial charge in [-0.2, -0.15) is 11.3 Å². The molecule has 2 heterocycles. The van der Waals surface area contributed by atoms with Crippen molar-refractivity contribution in [1.82, 2.24) is 4.98 Å². The molecule has 1 aromatic carbocycles. The molecule has 0 aliphatic rings. The summed E-state index contributed by atoms with van der Waals surface area (Å²) in [4.78, 5) is 17.1. The molecule has 0 amide bonds. The van der Waals surface area contributed by atoms with Gasteiger partial charge in [-0.25, -0.2) is 0 Å². The summed E-state index contributed by atoms with van der Waals surface area (Å²) in [5.74, 6) is 1.17. The molecule has 0 aliphatic carbocycles. The molecule has 140 valence electrons. The van der Waals surface area contributed by atoms with E-state index in [-0.39, 0.29) is 11.7 Å². The molecule has 0 fully saturated rings. The number of thiophene rings is 1. The van der Waals surface area contributed by atoms with E-state index >= 15 is 0 Å². The number of hydrogen-bond acceptors (Lipinski definition) is 4. The van der Waals surface area contributed by atoms with E-state index in [4.69, 9.17) is 4.74 Å². The van der Waals surface area contributed by atoms with Crippen molar-refractivity contribution in [3.8, 4) is 16.9 Å². The van der Waals surface area contributed by atoms with Crippen LogP contribution in [-0.2, 0) is 11.2 Å². The van der Waals surface area contributed by atoms with Crippen LogP contribution in [0.4, 0.5) is 0 Å². The van der Waals surface area contributed by atoms with Crippen molar-refractivity contribution < 1.29 is 9.53 Å². The molecule has 3 aromatic rings. The summed E-state index contributed by atoms with van der Waals surface area (Å²) in [7, 11) is 1.63. The number of carbonyl (C=O) groups is 1. The highest BCUT2D eigenvalue weighted by Crippen LogP contribution is 2.26. The number of Topliss-reactive ketones (excluding diaryl/α,β-unsaturated/α-hetero) is 1. The number of ether oxygens (including phenoxy) is 1. The van der Waals surface area contributed by atoms with Gasteiger partial charge in [-0.3, -0.25) is 9.78 Å². The minimum Gasteiger partial charge on any atom is -0.495 e. The molecular formula is C23H25NO2S. The molecule has 0 unspecified atom stereocenters. The highest BCUT2D eigenvalue weighted by molar-refractivity contribution is 7.08. The third-order valence-electron chi connectivity index (χ3n) is 4.73. The van der Waals surface area contributed by atoms with E-state index in [1.807, 2.05) is 12.1 Å². The topological polar surface area (TPSA) is 39.2 Å². The van der Waals surface area contributed by atoms with Gasteiger partial charge in [-0.05, 0) is 52.1 Å². The Hall–Kier alpha value is -2.46. The van der Waals surface area contributed by atoms with Crippen molar-refractivity contribution in [2.45, 2.75) is 38.5 Å². The number of pyridine rings is 1. The predicted octanol–water partition coefficient (Wildman–Crippen LogP) is 5.90. The van der Waals surface area contributed by atoms with E-state index in [2.05, 4.69) is 53.0 Å². The SMILES string of the molecule is CCC[C@@H](CC(=O)Cc1ccc(-c2ccsc2)cc1)c1ccc(OC)cn1. The quantitative estimate of drug-likeness (QED) is 0.464. The third kappa shape index (κ3) is 5.27. The van der Waals surface area contributed by atoms with Crippen molar-refractivity contribution >= 4 is 17.1 Å². The molecule has 0 aliphatic heterocycles. The first-order valence-corrected chi connectivity index (χ1v) is 10.3. The first-order valence-electron chi connectivity index (χ1n) is 9.32. The Labute approximate surface area is 165 Å². The Bertz CT molecular complexity index is 839. The number of nitrogens with zero attached hydrogens (tertiary/aromatic N) is 1. The normalized spacial score (nSPS) is 11.9. The number of benzene rings is 1. The maximum Gasteiger partial charge on any atom is 0.137 e. The predicted molar refractivity (Wildman–Crippen MR) is 112 cm³/mol. The summed E-state index contributed by atoms with van der Waals surface area (Å²) >= 11 is 1.69. The van der Waals surface area contributed by atoms with Crippen LogP contribution in [0.5, 0.6) is 5.75 Å². The van der Waals surface area contributed by atoms with E-state index in [0.29, 0.717) is 12.8 Å². The molecule has 1 atom stereocenters. The van der Waals surface area contributed by atoms with Crippen LogP contribution in [0.3, 0.4) is 0 Å². The van der Waals surface area contributed by atoms with Crippen LogP contribution < -0.4 is 4.74 Å². The van der Waals surface area contributed by atoms with Gasteiger partial charge < -0.3 is 4.74 Å². The van der Waals surface area contributed by atoms with Crippen LogP contribution in [0.2, 0.25) is 0 Å². The first-order chi connectivity index (χ1) is 13.2. The van der Waals surface area contributed by atoms with E-state index < -0.39 is 0 Å². The minimum absolute atomic E-state index is 0.165. The zero-order valence-corrected chi connectivity index (χ0v) is 16.7. The number of ketones is 1. The van der Waals surface area contributed by atoms with E-state index in [1.165, 1.54) is 11.1 Å². The smallest absolute Gasteiger partial charge is 0.137 e. The summed E-state index contributed by atoms with van der Waals surface area (Å²) in [6.07, 6.45) is 4.72. The molecule has 0 spiro atoms. The molecular weight excluding hydrogens is 354 g/mol. The van der Waals surface area contributed by atoms with Gasteiger partial charge >= 0.3 is 0 Å². The van der Waals surface area contributed by atoms with E-state index in [0.717, 1.165) is 29.8 Å². The molecule has 2 aromatic heterocycles. The molecule has 4 heteroatoms. The molecule has 0 bridgehead atoms. The second-order valence-electron chi connectivity index (χ2n) is 6.74. The second-order valence-corrected chi connectivity index (χ2v) is 7.52. The highest BCUT2D eigenvalue weighted by Gasteiger charge is 2.17. The Morgan fingerprint density at radius 1 is 1.11 bits per heavy atom. The zero-order chi connectivity index (χ0) is 19.1. The Morgan fingerprint density at radius 2 is 1.93 bits per heavy atom. The number of hydrogen-bond donors (Lipinski definition) is 0. The second kappa shape index (κ2) is 9.47. The summed E-state index contributed by atoms with van der Waals surface area (Å²) in [6.45, 7) is 2.14. The van der Waals surface area contributed by atoms with Crippen LogP contribution in [-0.4, -0.2) is 17.9 Å². The number of rotatable bonds is 9. The fourth-order valence-electron chi connectivity index (χ4n) is 3.28. The summed E-state index contributed by atoms with van der Waals surface area (Å²) in [5, 5.41) is 4.21. The maximum absolute atomic E-state index is 12.7. The Morgan fingerprint density at radius 3 is 2.52 bits per heavy atom. The molecule has 0 saturated heterocycles. The van der Waals surface area contributed by atoms with Crippen LogP contribution >= 0.6 is 11.3 Å². The van der Waals surface area contributed by atoms with E-state index in [9.17, 15) is 4.79 Å². The summed E-state index contributed by atoms with van der Waals surface area (Å²) < 4.78 is 5.18. The van der Waals surface area contributed by atoms with Gasteiger partial charge in [-0.15, -0.1) is 0 Å². The molecule has 3 nitrogen and oxygen atoms in total. The zero-order valence-electron chi connectivity index (χ0n) is 15.9. The van der Waals surface area contributed by atoms with Gasteiger partial charge in [0, 0.05) is 24.5 Å². The lowest BCUT2D eigenvalue weighted by molar-refractivity contribution is -0.118. The lowest BCUT2D eigenvalue weighted by Gasteiger charge is -2.15. The van der Waals surface area contributed by atoms with Gasteiger partial charge in [0.25, 0.3) is 0 Å². The average Bonchev–Trinajstić information content (AvgIpc) is 3.23. The highest BCUT2D eigenvalue weighted by atomic mass is 32.1. The van der Waals surface area contributed by atoms with Crippen molar-refractivity contribution in [3.05, 3.63) is 70.7 Å². The number of aromatic nitrogens is 1. The molecule has 27 heavy (non-hydrogen) atoms. The lowest BCUT2D eigenvalue weighted by Crippen LogP contribution is -2.11. The maximum atomic E-state index is 12.7. The molecule has 0 N–H and O–H groups in total. The lowest BCUT2D eigenvalue weighted by atomic mass is 9.91. The Kier molecular flexibility index (Phi) is 6.77. The third-order valence-corrected chi connectivity index (χ3v) is 5.42. The summed E-state index contributed by atoms with van der Waals surface area (Å²) in [6, 6.07) is 14.3. The minimum atomic E-state index is 0.165. The Balaban J connectivity index is 1.63. The standard InChI is InChI=1S/C23H25NO2S/c1-3-4-19(23-10-9-22(26-2)15-24-23)14-21(25)13-17-5-7-18(8-6-17)20-11-12-27-16-20/h5-12,15-16,19H,3-4,13-14H2,1-2H3/t19-/m0/s1. The monoisotopic (exact) mass is 379 g/mol. The number of methoxy groups -OCH3 is 1. The van der Waals surface area contributed by atoms with Crippen molar-refractivity contribution in [1.29, 1.82) is 0 Å². The van der Waals surface area contributed by atoms with Crippen LogP contribution in [0.25, 0.3) is 11.1 Å². The molecule has 0 saturated carbocycles. The largest absolute Gasteiger partial charge is 0.495 e. The van der Waals surface area contributed by atoms with Crippen LogP contribution in [0.15, 0.2) is 59.4 Å². The van der Waals surface area contributed by atoms with Gasteiger partial charge in [0.2, 0.25) is 0 Å². The van der Waals surface area contributed by atoms with Crippen LogP contribution in [0, 0.1) is 0 Å². The van der Waals surface area contributed by atoms with Crippen LogP contribution in [0.1, 0.15) is 43.4 Å². The number of carbonyl (C=O) groups excluding carboxylic acids is 1. The van der Waals surface area contributed by atoms with Gasteiger partial charge in [-0.1, -0.05) is 37.6 Å². The van der Waals surface area contributed by atoms with Gasteiger partial charge in [0.15, 0.2) is 0 Å². The first kappa shape index (κ1) is 19.3. The fourth-order valence-corrected chi connectivity index (χ4v) is 3.94. The van der Waals surface area contributed by atoms with Crippen molar-refractivity contribution in [2.24, 2.45) is 0 Å². The van der Waals surface area contributed by atoms with Crippen molar-refractivity contribution in [3.63, 3.8) is 0 Å².